The number of hydrogen-bond acceptors (Lipinski definition) is 2. The van der Waals surface area contributed by atoms with E-state index in [1.807, 2.05) is 0 Å². The Balaban J connectivity index is 0.000000646. The van der Waals surface area contributed by atoms with Gasteiger partial charge in [0, 0.05) is 19.5 Å². The summed E-state index contributed by atoms with van der Waals surface area (Å²) in [5.41, 5.74) is 0. The molecule has 3 aromatic carbocycles. The molecule has 0 heterocycles. The summed E-state index contributed by atoms with van der Waals surface area (Å²) in [7, 11) is -0.446. The number of alkyl halides is 2. The third-order valence-electron chi connectivity index (χ3n) is 3.27. The monoisotopic (exact) mass is 553 g/mol. The van der Waals surface area contributed by atoms with Crippen LogP contribution in [-0.4, -0.2) is 33.9 Å². The molecule has 0 aromatic heterocycles. The standard InChI is InChI=1S/C18H15P.2C2H3ClO2.Rh/c1-4-10-16(11-5-1)19(17-12-6-2-7-13-17)18-14-8-3-9-15-18;2*3-1-2(4)5;/h1-15H;2*1H2,(H,4,5);. The quantitative estimate of drug-likeness (QED) is 0.284. The molecule has 0 aliphatic heterocycles. The number of benzene rings is 3. The van der Waals surface area contributed by atoms with Crippen LogP contribution in [0.5, 0.6) is 0 Å². The third kappa shape index (κ3) is 11.4. The molecule has 8 heteroatoms. The van der Waals surface area contributed by atoms with Crippen LogP contribution < -0.4 is 15.9 Å². The summed E-state index contributed by atoms with van der Waals surface area (Å²) in [5, 5.41) is 19.4. The van der Waals surface area contributed by atoms with Crippen LogP contribution in [0.15, 0.2) is 91.0 Å². The first-order valence-electron chi connectivity index (χ1n) is 8.50. The second kappa shape index (κ2) is 17.0. The van der Waals surface area contributed by atoms with Crippen LogP contribution in [0.2, 0.25) is 0 Å². The van der Waals surface area contributed by atoms with Crippen molar-refractivity contribution < 1.29 is 39.3 Å². The van der Waals surface area contributed by atoms with Crippen LogP contribution in [0.25, 0.3) is 0 Å². The van der Waals surface area contributed by atoms with Crippen LogP contribution in [-0.2, 0) is 29.1 Å². The first-order valence-corrected chi connectivity index (χ1v) is 10.9. The second-order valence-corrected chi connectivity index (χ2v) is 8.15. The molecule has 0 saturated carbocycles. The molecule has 2 N–H and O–H groups in total. The number of carbonyl (C=O) groups is 2. The molecule has 3 rings (SSSR count). The molecule has 0 aliphatic rings. The van der Waals surface area contributed by atoms with Gasteiger partial charge in [-0.05, 0) is 23.8 Å². The van der Waals surface area contributed by atoms with E-state index in [-0.39, 0.29) is 31.2 Å². The van der Waals surface area contributed by atoms with Gasteiger partial charge < -0.3 is 10.2 Å². The Morgan fingerprint density at radius 3 is 0.967 bits per heavy atom. The maximum Gasteiger partial charge on any atom is 0.318 e. The SMILES string of the molecule is O=C(O)CCl.O=C(O)CCl.[Rh].c1ccc(P(c2ccccc2)c2ccccc2)cc1. The summed E-state index contributed by atoms with van der Waals surface area (Å²) in [4.78, 5) is 18.5. The minimum atomic E-state index is -0.980. The van der Waals surface area contributed by atoms with E-state index in [0.717, 1.165) is 0 Å². The van der Waals surface area contributed by atoms with Crippen molar-refractivity contribution in [3.63, 3.8) is 0 Å². The van der Waals surface area contributed by atoms with E-state index >= 15 is 0 Å². The van der Waals surface area contributed by atoms with E-state index in [4.69, 9.17) is 33.4 Å². The average molecular weight is 554 g/mol. The molecule has 0 atom stereocenters. The van der Waals surface area contributed by atoms with Gasteiger partial charge in [0.25, 0.3) is 0 Å². The van der Waals surface area contributed by atoms with Gasteiger partial charge in [-0.25, -0.2) is 0 Å². The van der Waals surface area contributed by atoms with Crippen molar-refractivity contribution in [2.45, 2.75) is 0 Å². The Labute approximate surface area is 200 Å². The Hall–Kier alpha value is -1.77. The molecule has 0 fully saturated rings. The Morgan fingerprint density at radius 1 is 0.600 bits per heavy atom. The van der Waals surface area contributed by atoms with Gasteiger partial charge >= 0.3 is 11.9 Å². The fourth-order valence-electron chi connectivity index (χ4n) is 2.18. The molecule has 0 bridgehead atoms. The minimum Gasteiger partial charge on any atom is -0.480 e. The summed E-state index contributed by atoms with van der Waals surface area (Å²) >= 11 is 9.47. The normalized spacial score (nSPS) is 9.17. The first-order chi connectivity index (χ1) is 14.0. The number of carboxylic acid groups (broad SMARTS) is 2. The maximum absolute atomic E-state index is 9.24. The van der Waals surface area contributed by atoms with Crippen LogP contribution in [0.4, 0.5) is 0 Å². The van der Waals surface area contributed by atoms with E-state index in [0.29, 0.717) is 0 Å². The number of hydrogen-bond donors (Lipinski definition) is 2. The van der Waals surface area contributed by atoms with Gasteiger partial charge in [-0.15, -0.1) is 23.2 Å². The molecule has 0 spiro atoms. The first kappa shape index (κ1) is 28.2. The smallest absolute Gasteiger partial charge is 0.318 e. The van der Waals surface area contributed by atoms with Gasteiger partial charge in [-0.1, -0.05) is 91.0 Å². The molecule has 0 amide bonds. The molecule has 161 valence electrons. The predicted molar refractivity (Wildman–Crippen MR) is 122 cm³/mol. The summed E-state index contributed by atoms with van der Waals surface area (Å²) in [6, 6.07) is 32.3. The van der Waals surface area contributed by atoms with Crippen molar-refractivity contribution in [3.05, 3.63) is 91.0 Å². The zero-order chi connectivity index (χ0) is 21.5. The van der Waals surface area contributed by atoms with E-state index in [9.17, 15) is 9.59 Å². The Kier molecular flexibility index (Phi) is 16.0. The second-order valence-electron chi connectivity index (χ2n) is 5.40. The number of rotatable bonds is 5. The fourth-order valence-corrected chi connectivity index (χ4v) is 4.48. The maximum atomic E-state index is 9.24. The Morgan fingerprint density at radius 2 is 0.800 bits per heavy atom. The average Bonchev–Trinajstić information content (AvgIpc) is 2.77. The van der Waals surface area contributed by atoms with Crippen molar-refractivity contribution >= 4 is 59.0 Å². The predicted octanol–water partition coefficient (Wildman–Crippen LogP) is 4.06. The van der Waals surface area contributed by atoms with E-state index in [1.165, 1.54) is 15.9 Å². The molecule has 30 heavy (non-hydrogen) atoms. The van der Waals surface area contributed by atoms with Gasteiger partial charge in [0.15, 0.2) is 0 Å². The fraction of sp³-hybridized carbons (Fsp3) is 0.0909. The molecule has 0 unspecified atom stereocenters. The van der Waals surface area contributed by atoms with Crippen LogP contribution in [0, 0.1) is 0 Å². The van der Waals surface area contributed by atoms with E-state index in [1.54, 1.807) is 0 Å². The van der Waals surface area contributed by atoms with E-state index < -0.39 is 19.9 Å². The van der Waals surface area contributed by atoms with Crippen molar-refractivity contribution in [2.24, 2.45) is 0 Å². The van der Waals surface area contributed by atoms with Crippen LogP contribution in [0.1, 0.15) is 0 Å². The van der Waals surface area contributed by atoms with Gasteiger partial charge in [0.05, 0.1) is 0 Å². The van der Waals surface area contributed by atoms with Crippen molar-refractivity contribution in [1.82, 2.24) is 0 Å². The zero-order valence-electron chi connectivity index (χ0n) is 15.8. The molecule has 0 aliphatic carbocycles. The molecule has 4 nitrogen and oxygen atoms in total. The minimum absolute atomic E-state index is 0. The van der Waals surface area contributed by atoms with Crippen LogP contribution >= 0.6 is 31.1 Å². The van der Waals surface area contributed by atoms with Gasteiger partial charge in [0.2, 0.25) is 0 Å². The Bertz CT molecular complexity index is 745. The van der Waals surface area contributed by atoms with Gasteiger partial charge in [-0.2, -0.15) is 0 Å². The summed E-state index contributed by atoms with van der Waals surface area (Å²) in [5.74, 6) is -2.57. The third-order valence-corrected chi connectivity index (χ3v) is 6.17. The molecular formula is C22H21Cl2O4PRh. The molecule has 1 radical (unpaired) electrons. The molecular weight excluding hydrogens is 533 g/mol. The number of halogens is 2. The topological polar surface area (TPSA) is 74.6 Å². The molecule has 3 aromatic rings. The summed E-state index contributed by atoms with van der Waals surface area (Å²) in [6.07, 6.45) is 0. The van der Waals surface area contributed by atoms with Crippen LogP contribution in [0.3, 0.4) is 0 Å². The van der Waals surface area contributed by atoms with Crippen molar-refractivity contribution in [2.75, 3.05) is 11.8 Å². The number of aliphatic carboxylic acids is 2. The summed E-state index contributed by atoms with van der Waals surface area (Å²) in [6.45, 7) is 0. The zero-order valence-corrected chi connectivity index (χ0v) is 19.9. The van der Waals surface area contributed by atoms with Gasteiger partial charge in [-0.3, -0.25) is 9.59 Å². The molecule has 0 saturated heterocycles. The largest absolute Gasteiger partial charge is 0.480 e. The van der Waals surface area contributed by atoms with Crippen molar-refractivity contribution in [3.8, 4) is 0 Å². The van der Waals surface area contributed by atoms with E-state index in [2.05, 4.69) is 91.0 Å². The van der Waals surface area contributed by atoms with Crippen molar-refractivity contribution in [1.29, 1.82) is 0 Å². The summed E-state index contributed by atoms with van der Waals surface area (Å²) < 4.78 is 0. The van der Waals surface area contributed by atoms with Gasteiger partial charge in [0.1, 0.15) is 11.8 Å². The number of carboxylic acids is 2.